The summed E-state index contributed by atoms with van der Waals surface area (Å²) < 4.78 is 11.1. The van der Waals surface area contributed by atoms with E-state index in [4.69, 9.17) is 1.37 Å². The fraction of sp³-hybridized carbons (Fsp3) is 0.367. The number of nitrogens with zero attached hydrogens (tertiary/aromatic N) is 1. The predicted octanol–water partition coefficient (Wildman–Crippen LogP) is 7.91. The van der Waals surface area contributed by atoms with E-state index in [1.54, 1.807) is 0 Å². The quantitative estimate of drug-likeness (QED) is 0.301. The normalized spacial score (nSPS) is 13.6. The predicted molar refractivity (Wildman–Crippen MR) is 135 cm³/mol. The first-order valence-electron chi connectivity index (χ1n) is 12.0. The van der Waals surface area contributed by atoms with Crippen LogP contribution in [0.25, 0.3) is 32.8 Å². The zero-order valence-electron chi connectivity index (χ0n) is 21.4. The van der Waals surface area contributed by atoms with E-state index in [-0.39, 0.29) is 5.41 Å². The third-order valence-electron chi connectivity index (χ3n) is 7.01. The number of pyridine rings is 1. The molecule has 0 aliphatic carbocycles. The Balaban J connectivity index is 2.16. The molecule has 1 atom stereocenters. The Morgan fingerprint density at radius 2 is 1.65 bits per heavy atom. The number of fused-ring (bicyclic) bond motifs is 2. The number of aromatic nitrogens is 1. The van der Waals surface area contributed by atoms with Crippen LogP contribution in [-0.2, 0) is 12.5 Å². The summed E-state index contributed by atoms with van der Waals surface area (Å²) in [6.45, 7) is 15.7. The molecule has 0 spiro atoms. The molecule has 1 aromatic heterocycles. The lowest BCUT2D eigenvalue weighted by Gasteiger charge is -2.24. The van der Waals surface area contributed by atoms with Gasteiger partial charge in [0.05, 0.1) is 12.3 Å². The summed E-state index contributed by atoms with van der Waals surface area (Å²) in [6.07, 6.45) is 1.10. The molecule has 0 aliphatic heterocycles. The highest BCUT2D eigenvalue weighted by Gasteiger charge is 2.25. The molecular weight excluding hydrogens is 374 g/mol. The van der Waals surface area contributed by atoms with Gasteiger partial charge in [-0.05, 0) is 69.7 Å². The zero-order chi connectivity index (χ0) is 23.4. The average Bonchev–Trinajstić information content (AvgIpc) is 2.77. The molecule has 31 heavy (non-hydrogen) atoms. The second-order valence-corrected chi connectivity index (χ2v) is 10.1. The van der Waals surface area contributed by atoms with Gasteiger partial charge in [-0.2, -0.15) is 4.57 Å². The van der Waals surface area contributed by atoms with E-state index in [2.05, 4.69) is 109 Å². The molecule has 0 fully saturated rings. The molecule has 0 N–H and O–H groups in total. The van der Waals surface area contributed by atoms with Gasteiger partial charge >= 0.3 is 0 Å². The fourth-order valence-electron chi connectivity index (χ4n) is 4.75. The zero-order valence-corrected chi connectivity index (χ0v) is 20.4. The molecule has 1 nitrogen and oxygen atoms in total. The molecule has 0 bridgehead atoms. The molecule has 0 amide bonds. The Labute approximate surface area is 189 Å². The van der Waals surface area contributed by atoms with Crippen LogP contribution in [0.4, 0.5) is 0 Å². The maximum Gasteiger partial charge on any atom is 0.220 e. The van der Waals surface area contributed by atoms with Gasteiger partial charge in [0.1, 0.15) is 7.05 Å². The van der Waals surface area contributed by atoms with Crippen LogP contribution in [0.5, 0.6) is 0 Å². The lowest BCUT2D eigenvalue weighted by Crippen LogP contribution is -2.35. The van der Waals surface area contributed by atoms with Gasteiger partial charge in [0.15, 0.2) is 5.69 Å². The van der Waals surface area contributed by atoms with Gasteiger partial charge in [-0.15, -0.1) is 0 Å². The van der Waals surface area contributed by atoms with Crippen LogP contribution in [0, 0.1) is 13.8 Å². The standard InChI is InChI=1S/C30H36N/c1-9-19(2)22-14-15-25-23(17-22)16-20(3)31(8)29(25)27-18-28(30(5,6)7)26-13-11-10-12-24(26)21(27)4/h10-19H,9H2,1-8H3/q+1/i16D. The third-order valence-corrected chi connectivity index (χ3v) is 7.01. The Hall–Kier alpha value is -2.67. The minimum absolute atomic E-state index is 0.0323. The van der Waals surface area contributed by atoms with Crippen molar-refractivity contribution in [2.75, 3.05) is 0 Å². The van der Waals surface area contributed by atoms with Crippen molar-refractivity contribution < 1.29 is 5.94 Å². The monoisotopic (exact) mass is 411 g/mol. The lowest BCUT2D eigenvalue weighted by molar-refractivity contribution is -0.665. The van der Waals surface area contributed by atoms with E-state index in [9.17, 15) is 0 Å². The first-order chi connectivity index (χ1) is 15.1. The number of hydrogen-bond acceptors (Lipinski definition) is 0. The number of rotatable bonds is 3. The number of benzene rings is 3. The molecule has 1 unspecified atom stereocenters. The second-order valence-electron chi connectivity index (χ2n) is 10.1. The summed E-state index contributed by atoms with van der Waals surface area (Å²) in [7, 11) is 2.11. The largest absolute Gasteiger partial charge is 0.220 e. The van der Waals surface area contributed by atoms with Gasteiger partial charge in [0.2, 0.25) is 5.69 Å². The smallest absolute Gasteiger partial charge is 0.198 e. The van der Waals surface area contributed by atoms with Crippen LogP contribution < -0.4 is 4.57 Å². The van der Waals surface area contributed by atoms with Crippen molar-refractivity contribution in [3.05, 3.63) is 77.0 Å². The Morgan fingerprint density at radius 1 is 0.968 bits per heavy atom. The topological polar surface area (TPSA) is 3.88 Å². The molecule has 0 aliphatic rings. The molecule has 4 aromatic rings. The van der Waals surface area contributed by atoms with Gasteiger partial charge in [-0.1, -0.05) is 71.0 Å². The van der Waals surface area contributed by atoms with Crippen molar-refractivity contribution in [1.29, 1.82) is 0 Å². The third kappa shape index (κ3) is 3.65. The molecule has 1 heterocycles. The molecule has 0 saturated heterocycles. The maximum atomic E-state index is 8.89. The Morgan fingerprint density at radius 3 is 2.29 bits per heavy atom. The van der Waals surface area contributed by atoms with Crippen molar-refractivity contribution in [3.63, 3.8) is 0 Å². The van der Waals surface area contributed by atoms with Crippen LogP contribution in [0.1, 0.15) is 70.7 Å². The van der Waals surface area contributed by atoms with Gasteiger partial charge in [-0.3, -0.25) is 0 Å². The first-order valence-corrected chi connectivity index (χ1v) is 11.5. The highest BCUT2D eigenvalue weighted by molar-refractivity contribution is 6.00. The van der Waals surface area contributed by atoms with Crippen molar-refractivity contribution in [3.8, 4) is 11.3 Å². The van der Waals surface area contributed by atoms with Crippen LogP contribution in [0.3, 0.4) is 0 Å². The van der Waals surface area contributed by atoms with Crippen LogP contribution >= 0.6 is 0 Å². The Kier molecular flexibility index (Phi) is 5.08. The second kappa shape index (κ2) is 7.79. The molecule has 1 heteroatoms. The minimum atomic E-state index is 0.0323. The van der Waals surface area contributed by atoms with Gasteiger partial charge in [0.25, 0.3) is 0 Å². The van der Waals surface area contributed by atoms with E-state index in [1.807, 2.05) is 0 Å². The number of hydrogen-bond donors (Lipinski definition) is 0. The molecule has 0 radical (unpaired) electrons. The molecule has 3 aromatic carbocycles. The first kappa shape index (κ1) is 20.2. The van der Waals surface area contributed by atoms with E-state index >= 15 is 0 Å². The molecule has 0 saturated carbocycles. The summed E-state index contributed by atoms with van der Waals surface area (Å²) >= 11 is 0. The molecular formula is C30H36N+. The number of aryl methyl sites for hydroxylation is 1. The molecule has 160 valence electrons. The van der Waals surface area contributed by atoms with E-state index < -0.39 is 0 Å². The van der Waals surface area contributed by atoms with Gasteiger partial charge in [-0.25, -0.2) is 0 Å². The lowest BCUT2D eigenvalue weighted by atomic mass is 9.80. The maximum absolute atomic E-state index is 8.89. The summed E-state index contributed by atoms with van der Waals surface area (Å²) in [5.41, 5.74) is 7.49. The Bertz CT molecular complexity index is 1340. The van der Waals surface area contributed by atoms with Crippen molar-refractivity contribution in [2.24, 2.45) is 7.05 Å². The summed E-state index contributed by atoms with van der Waals surface area (Å²) in [5, 5.41) is 4.86. The van der Waals surface area contributed by atoms with Crippen molar-refractivity contribution in [1.82, 2.24) is 0 Å². The van der Waals surface area contributed by atoms with Crippen molar-refractivity contribution >= 4 is 21.5 Å². The SMILES string of the molecule is [2H]c1c(C)[n+](C)c(-c2cc(C(C)(C)C)c3ccccc3c2C)c2ccc(C(C)CC)cc12. The van der Waals surface area contributed by atoms with E-state index in [0.29, 0.717) is 12.0 Å². The van der Waals surface area contributed by atoms with Gasteiger partial charge in [0, 0.05) is 13.0 Å². The van der Waals surface area contributed by atoms with E-state index in [0.717, 1.165) is 22.9 Å². The fourth-order valence-corrected chi connectivity index (χ4v) is 4.75. The summed E-state index contributed by atoms with van der Waals surface area (Å²) in [6, 6.07) is 18.6. The highest BCUT2D eigenvalue weighted by atomic mass is 14.9. The van der Waals surface area contributed by atoms with Crippen molar-refractivity contribution in [2.45, 2.75) is 66.2 Å². The minimum Gasteiger partial charge on any atom is -0.198 e. The summed E-state index contributed by atoms with van der Waals surface area (Å²) in [5.74, 6) is 0.492. The average molecular weight is 412 g/mol. The highest BCUT2D eigenvalue weighted by Crippen LogP contribution is 2.39. The van der Waals surface area contributed by atoms with Crippen LogP contribution in [0.2, 0.25) is 0 Å². The molecule has 4 rings (SSSR count). The van der Waals surface area contributed by atoms with Crippen LogP contribution in [0.15, 0.2) is 54.6 Å². The van der Waals surface area contributed by atoms with Crippen LogP contribution in [-0.4, -0.2) is 0 Å². The van der Waals surface area contributed by atoms with E-state index in [1.165, 1.54) is 38.7 Å². The summed E-state index contributed by atoms with van der Waals surface area (Å²) in [4.78, 5) is 0. The van der Waals surface area contributed by atoms with Gasteiger partial charge < -0.3 is 0 Å².